The maximum absolute atomic E-state index is 5.01. The molecule has 0 saturated carbocycles. The summed E-state index contributed by atoms with van der Waals surface area (Å²) in [5.74, 6) is 0. The van der Waals surface area contributed by atoms with E-state index in [1.807, 2.05) is 52.1 Å². The van der Waals surface area contributed by atoms with E-state index in [0.29, 0.717) is 0 Å². The van der Waals surface area contributed by atoms with Crippen molar-refractivity contribution in [2.75, 3.05) is 42.3 Å². The molecule has 0 heterocycles. The van der Waals surface area contributed by atoms with Crippen molar-refractivity contribution < 1.29 is 12.3 Å². The molecule has 84 valence electrons. The Morgan fingerprint density at radius 1 is 0.615 bits per heavy atom. The van der Waals surface area contributed by atoms with Gasteiger partial charge in [0, 0.05) is 0 Å². The molecule has 0 N–H and O–H groups in total. The molecule has 0 bridgehead atoms. The van der Waals surface area contributed by atoms with Gasteiger partial charge in [-0.15, -0.1) is 0 Å². The van der Waals surface area contributed by atoms with Crippen LogP contribution < -0.4 is 0 Å². The Morgan fingerprint density at radius 3 is 0.615 bits per heavy atom. The molecule has 0 fully saturated rings. The van der Waals surface area contributed by atoms with Crippen LogP contribution >= 0.6 is 37.2 Å². The average Bonchev–Trinajstić information content (AvgIpc) is 1.50. The van der Waals surface area contributed by atoms with Gasteiger partial charge in [-0.3, -0.25) is 0 Å². The summed E-state index contributed by atoms with van der Waals surface area (Å²) in [6.07, 6.45) is 0. The van der Waals surface area contributed by atoms with Crippen LogP contribution in [0.15, 0.2) is 0 Å². The SMILES string of the molecule is CN(C)C.CN(C)C.[Cl][Ti]([Cl])([Cl])[Cl]. The molecule has 0 saturated heterocycles. The van der Waals surface area contributed by atoms with Gasteiger partial charge in [0.05, 0.1) is 0 Å². The third-order valence-electron chi connectivity index (χ3n) is 0. The van der Waals surface area contributed by atoms with E-state index < -0.39 is 12.3 Å². The molecule has 0 aromatic heterocycles. The fourth-order valence-electron chi connectivity index (χ4n) is 0. The average molecular weight is 308 g/mol. The summed E-state index contributed by atoms with van der Waals surface area (Å²) >= 11 is -3.11. The van der Waals surface area contributed by atoms with Gasteiger partial charge in [0.25, 0.3) is 0 Å². The van der Waals surface area contributed by atoms with E-state index in [0.717, 1.165) is 0 Å². The first-order valence-corrected chi connectivity index (χ1v) is 12.0. The minimum atomic E-state index is -3.11. The van der Waals surface area contributed by atoms with Crippen LogP contribution in [-0.2, 0) is 12.3 Å². The molecule has 0 aromatic rings. The summed E-state index contributed by atoms with van der Waals surface area (Å²) in [7, 11) is 32.1. The molecular weight excluding hydrogens is 290 g/mol. The Morgan fingerprint density at radius 2 is 0.615 bits per heavy atom. The Balaban J connectivity index is -0.000000117. The summed E-state index contributed by atoms with van der Waals surface area (Å²) in [5, 5.41) is 0. The van der Waals surface area contributed by atoms with Gasteiger partial charge in [0.1, 0.15) is 0 Å². The quantitative estimate of drug-likeness (QED) is 0.635. The van der Waals surface area contributed by atoms with Crippen molar-refractivity contribution in [2.24, 2.45) is 0 Å². The van der Waals surface area contributed by atoms with Crippen molar-refractivity contribution in [3.8, 4) is 0 Å². The first-order valence-electron chi connectivity index (χ1n) is 3.44. The van der Waals surface area contributed by atoms with E-state index in [9.17, 15) is 0 Å². The van der Waals surface area contributed by atoms with Gasteiger partial charge < -0.3 is 9.80 Å². The molecule has 0 amide bonds. The third-order valence-corrected chi connectivity index (χ3v) is 0. The van der Waals surface area contributed by atoms with Crippen LogP contribution in [0.3, 0.4) is 0 Å². The van der Waals surface area contributed by atoms with E-state index in [2.05, 4.69) is 0 Å². The fourth-order valence-corrected chi connectivity index (χ4v) is 0. The van der Waals surface area contributed by atoms with Crippen LogP contribution in [0.1, 0.15) is 0 Å². The molecule has 0 aromatic carbocycles. The number of hydrogen-bond acceptors (Lipinski definition) is 2. The van der Waals surface area contributed by atoms with Crippen LogP contribution in [0.2, 0.25) is 0 Å². The standard InChI is InChI=1S/2C3H9N.4ClH.Ti/c2*1-4(2)3;;;;;/h2*1-3H3;4*1H;/q;;;;;;+4/p-4. The molecule has 13 heavy (non-hydrogen) atoms. The summed E-state index contributed by atoms with van der Waals surface area (Å²) in [6.45, 7) is 0. The molecule has 0 atom stereocenters. The van der Waals surface area contributed by atoms with Gasteiger partial charge >= 0.3 is 49.6 Å². The first-order chi connectivity index (χ1) is 5.46. The molecule has 0 rings (SSSR count). The number of halogens is 4. The van der Waals surface area contributed by atoms with Crippen LogP contribution in [0.25, 0.3) is 0 Å². The Bertz CT molecular complexity index is 77.6. The first kappa shape index (κ1) is 20.2. The molecule has 0 aliphatic heterocycles. The summed E-state index contributed by atoms with van der Waals surface area (Å²) in [4.78, 5) is 4.00. The molecule has 7 heteroatoms. The Kier molecular flexibility index (Phi) is 18.5. The number of hydrogen-bond donors (Lipinski definition) is 0. The van der Waals surface area contributed by atoms with Gasteiger partial charge in [0.15, 0.2) is 0 Å². The van der Waals surface area contributed by atoms with Crippen molar-refractivity contribution >= 4 is 37.2 Å². The maximum atomic E-state index is 5.01. The molecular formula is C6H18Cl4N2Ti. The van der Waals surface area contributed by atoms with Crippen LogP contribution in [0, 0.1) is 0 Å². The number of rotatable bonds is 0. The molecule has 0 aliphatic rings. The van der Waals surface area contributed by atoms with Gasteiger partial charge in [0.2, 0.25) is 0 Å². The van der Waals surface area contributed by atoms with Gasteiger partial charge in [-0.1, -0.05) is 0 Å². The zero-order valence-electron chi connectivity index (χ0n) is 8.91. The van der Waals surface area contributed by atoms with Crippen molar-refractivity contribution in [1.82, 2.24) is 9.80 Å². The van der Waals surface area contributed by atoms with Crippen molar-refractivity contribution in [3.05, 3.63) is 0 Å². The normalized spacial score (nSPS) is 10.2. The van der Waals surface area contributed by atoms with E-state index in [1.165, 1.54) is 0 Å². The second-order valence-corrected chi connectivity index (χ2v) is 18.6. The van der Waals surface area contributed by atoms with E-state index in [4.69, 9.17) is 37.2 Å². The van der Waals surface area contributed by atoms with Crippen molar-refractivity contribution in [3.63, 3.8) is 0 Å². The third kappa shape index (κ3) is 596. The minimum absolute atomic E-state index is 2.00. The number of nitrogens with zero attached hydrogens (tertiary/aromatic N) is 2. The molecule has 0 aliphatic carbocycles. The van der Waals surface area contributed by atoms with Gasteiger partial charge in [-0.05, 0) is 42.3 Å². The van der Waals surface area contributed by atoms with Crippen LogP contribution in [0.5, 0.6) is 0 Å². The summed E-state index contributed by atoms with van der Waals surface area (Å²) in [5.41, 5.74) is 0. The molecule has 0 spiro atoms. The summed E-state index contributed by atoms with van der Waals surface area (Å²) < 4.78 is 0. The Hall–Kier alpha value is 1.79. The zero-order chi connectivity index (χ0) is 11.7. The van der Waals surface area contributed by atoms with Gasteiger partial charge in [-0.2, -0.15) is 0 Å². The van der Waals surface area contributed by atoms with E-state index >= 15 is 0 Å². The van der Waals surface area contributed by atoms with Crippen molar-refractivity contribution in [2.45, 2.75) is 0 Å². The zero-order valence-corrected chi connectivity index (χ0v) is 13.5. The second-order valence-electron chi connectivity index (χ2n) is 3.11. The monoisotopic (exact) mass is 306 g/mol. The van der Waals surface area contributed by atoms with Gasteiger partial charge in [-0.25, -0.2) is 0 Å². The predicted molar refractivity (Wildman–Crippen MR) is 62.6 cm³/mol. The van der Waals surface area contributed by atoms with Crippen LogP contribution in [0.4, 0.5) is 0 Å². The molecule has 2 nitrogen and oxygen atoms in total. The van der Waals surface area contributed by atoms with E-state index in [1.54, 1.807) is 0 Å². The van der Waals surface area contributed by atoms with Crippen LogP contribution in [-0.4, -0.2) is 52.1 Å². The van der Waals surface area contributed by atoms with E-state index in [-0.39, 0.29) is 0 Å². The Labute approximate surface area is 101 Å². The molecule has 0 radical (unpaired) electrons. The van der Waals surface area contributed by atoms with Crippen molar-refractivity contribution in [1.29, 1.82) is 0 Å². The second kappa shape index (κ2) is 11.9. The fraction of sp³-hybridized carbons (Fsp3) is 1.00. The molecule has 0 unspecified atom stereocenters. The predicted octanol–water partition coefficient (Wildman–Crippen LogP) is 3.11. The topological polar surface area (TPSA) is 6.48 Å². The summed E-state index contributed by atoms with van der Waals surface area (Å²) in [6, 6.07) is 0.